The Hall–Kier alpha value is -1.65. The van der Waals surface area contributed by atoms with Crippen molar-refractivity contribution in [2.75, 3.05) is 6.54 Å². The lowest BCUT2D eigenvalue weighted by atomic mass is 10.2. The van der Waals surface area contributed by atoms with E-state index < -0.39 is 17.7 Å². The zero-order valence-corrected chi connectivity index (χ0v) is 8.72. The lowest BCUT2D eigenvalue weighted by molar-refractivity contribution is -0.125. The van der Waals surface area contributed by atoms with Crippen LogP contribution in [0.15, 0.2) is 12.1 Å². The summed E-state index contributed by atoms with van der Waals surface area (Å²) < 4.78 is 31.5. The predicted molar refractivity (Wildman–Crippen MR) is 53.1 cm³/mol. The zero-order chi connectivity index (χ0) is 11.7. The Morgan fingerprint density at radius 3 is 2.75 bits per heavy atom. The van der Waals surface area contributed by atoms with Gasteiger partial charge in [-0.25, -0.2) is 8.78 Å². The third kappa shape index (κ3) is 1.98. The summed E-state index contributed by atoms with van der Waals surface area (Å²) in [6, 6.07) is 2.02. The van der Waals surface area contributed by atoms with Crippen molar-refractivity contribution < 1.29 is 18.3 Å². The van der Waals surface area contributed by atoms with Crippen LogP contribution in [0.4, 0.5) is 8.78 Å². The first-order valence-electron chi connectivity index (χ1n) is 4.98. The summed E-state index contributed by atoms with van der Waals surface area (Å²) in [5, 5.41) is 2.57. The Bertz CT molecular complexity index is 434. The van der Waals surface area contributed by atoms with Gasteiger partial charge >= 0.3 is 0 Å². The molecule has 1 aromatic rings. The second-order valence-electron chi connectivity index (χ2n) is 3.72. The van der Waals surface area contributed by atoms with Gasteiger partial charge in [0, 0.05) is 19.0 Å². The van der Waals surface area contributed by atoms with Crippen LogP contribution in [-0.4, -0.2) is 18.6 Å². The fraction of sp³-hybridized carbons (Fsp3) is 0.364. The number of aryl methyl sites for hydroxylation is 1. The molecule has 2 rings (SSSR count). The summed E-state index contributed by atoms with van der Waals surface area (Å²) in [7, 11) is 0. The summed E-state index contributed by atoms with van der Waals surface area (Å²) in [4.78, 5) is 11.2. The molecule has 16 heavy (non-hydrogen) atoms. The van der Waals surface area contributed by atoms with Gasteiger partial charge in [-0.05, 0) is 18.6 Å². The number of hydrogen-bond donors (Lipinski definition) is 1. The number of rotatable bonds is 2. The molecular formula is C11H11F2NO2. The first kappa shape index (κ1) is 10.9. The average molecular weight is 227 g/mol. The lowest BCUT2D eigenvalue weighted by Crippen LogP contribution is -2.28. The van der Waals surface area contributed by atoms with Gasteiger partial charge < -0.3 is 10.1 Å². The molecule has 1 N–H and O–H groups in total. The van der Waals surface area contributed by atoms with E-state index in [4.69, 9.17) is 4.74 Å². The molecule has 0 bridgehead atoms. The number of halogens is 2. The molecule has 5 heteroatoms. The molecule has 1 atom stereocenters. The predicted octanol–water partition coefficient (Wildman–Crippen LogP) is 1.54. The molecular weight excluding hydrogens is 216 g/mol. The van der Waals surface area contributed by atoms with Gasteiger partial charge in [0.05, 0.1) is 0 Å². The van der Waals surface area contributed by atoms with E-state index in [0.717, 1.165) is 6.07 Å². The molecule has 1 fully saturated rings. The van der Waals surface area contributed by atoms with Crippen LogP contribution in [-0.2, 0) is 4.79 Å². The monoisotopic (exact) mass is 227 g/mol. The molecule has 0 aliphatic carbocycles. The van der Waals surface area contributed by atoms with Gasteiger partial charge in [-0.1, -0.05) is 0 Å². The van der Waals surface area contributed by atoms with Gasteiger partial charge in [-0.3, -0.25) is 4.79 Å². The lowest BCUT2D eigenvalue weighted by Gasteiger charge is -2.12. The van der Waals surface area contributed by atoms with Crippen molar-refractivity contribution in [3.8, 4) is 5.75 Å². The Kier molecular flexibility index (Phi) is 2.77. The van der Waals surface area contributed by atoms with Gasteiger partial charge in [-0.15, -0.1) is 0 Å². The van der Waals surface area contributed by atoms with E-state index in [9.17, 15) is 13.6 Å². The zero-order valence-electron chi connectivity index (χ0n) is 8.72. The maximum Gasteiger partial charge on any atom is 0.261 e. The smallest absolute Gasteiger partial charge is 0.261 e. The maximum absolute atomic E-state index is 13.3. The van der Waals surface area contributed by atoms with E-state index >= 15 is 0 Å². The van der Waals surface area contributed by atoms with E-state index in [1.807, 2.05) is 0 Å². The third-order valence-electron chi connectivity index (χ3n) is 2.48. The summed E-state index contributed by atoms with van der Waals surface area (Å²) in [5.41, 5.74) is 0.287. The van der Waals surface area contributed by atoms with Crippen molar-refractivity contribution in [1.82, 2.24) is 5.32 Å². The largest absolute Gasteiger partial charge is 0.477 e. The number of nitrogens with one attached hydrogen (secondary N) is 1. The van der Waals surface area contributed by atoms with Crippen molar-refractivity contribution in [3.63, 3.8) is 0 Å². The highest BCUT2D eigenvalue weighted by Gasteiger charge is 2.27. The first-order chi connectivity index (χ1) is 7.58. The third-order valence-corrected chi connectivity index (χ3v) is 2.48. The molecule has 0 saturated carbocycles. The Morgan fingerprint density at radius 2 is 2.12 bits per heavy atom. The quantitative estimate of drug-likeness (QED) is 0.832. The van der Waals surface area contributed by atoms with Crippen molar-refractivity contribution in [2.45, 2.75) is 19.4 Å². The average Bonchev–Trinajstić information content (AvgIpc) is 2.61. The van der Waals surface area contributed by atoms with Crippen molar-refractivity contribution in [3.05, 3.63) is 29.3 Å². The van der Waals surface area contributed by atoms with Crippen molar-refractivity contribution >= 4 is 5.91 Å². The van der Waals surface area contributed by atoms with Crippen LogP contribution in [0.25, 0.3) is 0 Å². The van der Waals surface area contributed by atoms with E-state index in [0.29, 0.717) is 13.0 Å². The van der Waals surface area contributed by atoms with E-state index in [-0.39, 0.29) is 17.2 Å². The topological polar surface area (TPSA) is 38.3 Å². The highest BCUT2D eigenvalue weighted by molar-refractivity contribution is 5.83. The van der Waals surface area contributed by atoms with Gasteiger partial charge in [0.2, 0.25) is 0 Å². The fourth-order valence-electron chi connectivity index (χ4n) is 1.56. The van der Waals surface area contributed by atoms with Crippen LogP contribution in [0.1, 0.15) is 12.0 Å². The molecule has 1 aliphatic rings. The van der Waals surface area contributed by atoms with Gasteiger partial charge in [-0.2, -0.15) is 0 Å². The second-order valence-corrected chi connectivity index (χ2v) is 3.72. The molecule has 1 aliphatic heterocycles. The molecule has 1 aromatic carbocycles. The number of benzene rings is 1. The Labute approximate surface area is 91.4 Å². The van der Waals surface area contributed by atoms with Crippen LogP contribution in [0.5, 0.6) is 5.75 Å². The second kappa shape index (κ2) is 4.08. The molecule has 0 unspecified atom stereocenters. The highest BCUT2D eigenvalue weighted by Crippen LogP contribution is 2.23. The molecule has 3 nitrogen and oxygen atoms in total. The number of amides is 1. The normalized spacial score (nSPS) is 19.7. The van der Waals surface area contributed by atoms with Crippen LogP contribution in [0.3, 0.4) is 0 Å². The van der Waals surface area contributed by atoms with Gasteiger partial charge in [0.25, 0.3) is 5.91 Å². The number of ether oxygens (including phenoxy) is 1. The van der Waals surface area contributed by atoms with E-state index in [1.165, 1.54) is 13.0 Å². The van der Waals surface area contributed by atoms with E-state index in [1.54, 1.807) is 0 Å². The fourth-order valence-corrected chi connectivity index (χ4v) is 1.56. The minimum absolute atomic E-state index is 0.0825. The maximum atomic E-state index is 13.3. The molecule has 1 amide bonds. The number of carbonyl (C=O) groups excluding carboxylic acids is 1. The van der Waals surface area contributed by atoms with Crippen molar-refractivity contribution in [1.29, 1.82) is 0 Å². The van der Waals surface area contributed by atoms with Crippen LogP contribution < -0.4 is 10.1 Å². The highest BCUT2D eigenvalue weighted by atomic mass is 19.1. The van der Waals surface area contributed by atoms with Gasteiger partial charge in [0.15, 0.2) is 17.7 Å². The summed E-state index contributed by atoms with van der Waals surface area (Å²) in [5.74, 6) is -1.76. The standard InChI is InChI=1S/C11H11F2NO2/c1-6-4-10(8(13)5-7(6)12)16-9-2-3-14-11(9)15/h4-5,9H,2-3H2,1H3,(H,14,15)/t9-/m1/s1. The molecule has 0 aromatic heterocycles. The molecule has 0 radical (unpaired) electrons. The van der Waals surface area contributed by atoms with Crippen LogP contribution in [0.2, 0.25) is 0 Å². The molecule has 1 saturated heterocycles. The summed E-state index contributed by atoms with van der Waals surface area (Å²) >= 11 is 0. The van der Waals surface area contributed by atoms with E-state index in [2.05, 4.69) is 5.32 Å². The number of carbonyl (C=O) groups is 1. The minimum Gasteiger partial charge on any atom is -0.477 e. The summed E-state index contributed by atoms with van der Waals surface area (Å²) in [6.07, 6.45) is -0.186. The summed E-state index contributed by atoms with van der Waals surface area (Å²) in [6.45, 7) is 2.03. The Balaban J connectivity index is 2.21. The Morgan fingerprint density at radius 1 is 1.38 bits per heavy atom. The first-order valence-corrected chi connectivity index (χ1v) is 4.98. The van der Waals surface area contributed by atoms with Crippen molar-refractivity contribution in [2.24, 2.45) is 0 Å². The minimum atomic E-state index is -0.789. The van der Waals surface area contributed by atoms with Crippen LogP contribution in [0, 0.1) is 18.6 Å². The molecule has 1 heterocycles. The van der Waals surface area contributed by atoms with Crippen LogP contribution >= 0.6 is 0 Å². The molecule has 0 spiro atoms. The number of hydrogen-bond acceptors (Lipinski definition) is 2. The SMILES string of the molecule is Cc1cc(O[C@@H]2CCNC2=O)c(F)cc1F. The molecule has 86 valence electrons. The van der Waals surface area contributed by atoms with Gasteiger partial charge in [0.1, 0.15) is 5.82 Å².